The summed E-state index contributed by atoms with van der Waals surface area (Å²) in [6, 6.07) is 7.89. The maximum atomic E-state index is 12.1. The highest BCUT2D eigenvalue weighted by molar-refractivity contribution is 6.33. The van der Waals surface area contributed by atoms with E-state index in [9.17, 15) is 4.79 Å². The first-order valence-electron chi connectivity index (χ1n) is 6.99. The van der Waals surface area contributed by atoms with E-state index in [1.165, 1.54) is 19.3 Å². The van der Waals surface area contributed by atoms with Crippen LogP contribution in [0.2, 0.25) is 5.02 Å². The van der Waals surface area contributed by atoms with Crippen molar-refractivity contribution in [2.75, 3.05) is 18.4 Å². The number of nitrogens with one attached hydrogen (secondary N) is 1. The van der Waals surface area contributed by atoms with E-state index in [4.69, 9.17) is 11.6 Å². The molecule has 1 N–H and O–H groups in total. The molecule has 0 spiro atoms. The Bertz CT molecular complexity index is 436. The van der Waals surface area contributed by atoms with Gasteiger partial charge in [-0.25, -0.2) is 0 Å². The molecular weight excluding hydrogens is 260 g/mol. The van der Waals surface area contributed by atoms with Crippen molar-refractivity contribution in [3.05, 3.63) is 29.3 Å². The minimum absolute atomic E-state index is 0.0217. The summed E-state index contributed by atoms with van der Waals surface area (Å²) in [6.45, 7) is 3.67. The third-order valence-corrected chi connectivity index (χ3v) is 4.04. The fraction of sp³-hybridized carbons (Fsp3) is 0.533. The Balaban J connectivity index is 1.92. The molecule has 0 aliphatic carbocycles. The van der Waals surface area contributed by atoms with E-state index < -0.39 is 0 Å². The Morgan fingerprint density at radius 3 is 2.95 bits per heavy atom. The first kappa shape index (κ1) is 14.4. The second-order valence-electron chi connectivity index (χ2n) is 5.06. The van der Waals surface area contributed by atoms with E-state index >= 15 is 0 Å². The Labute approximate surface area is 119 Å². The van der Waals surface area contributed by atoms with Gasteiger partial charge in [-0.05, 0) is 37.9 Å². The predicted molar refractivity (Wildman–Crippen MR) is 79.6 cm³/mol. The van der Waals surface area contributed by atoms with Crippen molar-refractivity contribution in [2.45, 2.75) is 38.6 Å². The molecular formula is C15H21ClN2O. The molecule has 1 aliphatic rings. The van der Waals surface area contributed by atoms with Crippen molar-refractivity contribution >= 4 is 23.2 Å². The maximum absolute atomic E-state index is 12.1. The first-order chi connectivity index (χ1) is 9.20. The molecule has 3 nitrogen and oxygen atoms in total. The number of para-hydroxylation sites is 1. The maximum Gasteiger partial charge on any atom is 0.238 e. The predicted octanol–water partition coefficient (Wildman–Crippen LogP) is 3.54. The normalized spacial score (nSPS) is 20.2. The molecule has 1 atom stereocenters. The highest BCUT2D eigenvalue weighted by atomic mass is 35.5. The minimum atomic E-state index is 0.0217. The lowest BCUT2D eigenvalue weighted by molar-refractivity contribution is -0.118. The number of amides is 1. The summed E-state index contributed by atoms with van der Waals surface area (Å²) in [7, 11) is 0. The van der Waals surface area contributed by atoms with E-state index in [1.807, 2.05) is 18.2 Å². The highest BCUT2D eigenvalue weighted by Crippen LogP contribution is 2.22. The second-order valence-corrected chi connectivity index (χ2v) is 5.46. The molecule has 1 fully saturated rings. The quantitative estimate of drug-likeness (QED) is 0.915. The van der Waals surface area contributed by atoms with Crippen LogP contribution in [0, 0.1) is 0 Å². The molecule has 1 unspecified atom stereocenters. The molecule has 19 heavy (non-hydrogen) atoms. The molecule has 1 amide bonds. The fourth-order valence-corrected chi connectivity index (χ4v) is 2.85. The molecule has 4 heteroatoms. The summed E-state index contributed by atoms with van der Waals surface area (Å²) in [5.74, 6) is 0.0217. The molecule has 0 bridgehead atoms. The molecule has 0 radical (unpaired) electrons. The molecule has 1 aromatic rings. The molecule has 2 rings (SSSR count). The molecule has 1 aliphatic heterocycles. The largest absolute Gasteiger partial charge is 0.324 e. The zero-order valence-electron chi connectivity index (χ0n) is 11.4. The lowest BCUT2D eigenvalue weighted by Crippen LogP contribution is -2.43. The van der Waals surface area contributed by atoms with E-state index in [0.29, 0.717) is 23.3 Å². The van der Waals surface area contributed by atoms with Gasteiger partial charge in [-0.15, -0.1) is 0 Å². The van der Waals surface area contributed by atoms with Gasteiger partial charge >= 0.3 is 0 Å². The topological polar surface area (TPSA) is 32.3 Å². The number of hydrogen-bond acceptors (Lipinski definition) is 2. The third-order valence-electron chi connectivity index (χ3n) is 3.71. The van der Waals surface area contributed by atoms with Crippen LogP contribution < -0.4 is 5.32 Å². The van der Waals surface area contributed by atoms with Gasteiger partial charge in [-0.2, -0.15) is 0 Å². The lowest BCUT2D eigenvalue weighted by Gasteiger charge is -2.34. The van der Waals surface area contributed by atoms with Crippen LogP contribution in [0.3, 0.4) is 0 Å². The van der Waals surface area contributed by atoms with Gasteiger partial charge in [0.05, 0.1) is 17.3 Å². The van der Waals surface area contributed by atoms with Crippen LogP contribution in [-0.4, -0.2) is 29.9 Å². The van der Waals surface area contributed by atoms with Crippen molar-refractivity contribution in [3.63, 3.8) is 0 Å². The van der Waals surface area contributed by atoms with Crippen molar-refractivity contribution in [1.29, 1.82) is 0 Å². The smallest absolute Gasteiger partial charge is 0.238 e. The van der Waals surface area contributed by atoms with Crippen LogP contribution in [0.5, 0.6) is 0 Å². The van der Waals surface area contributed by atoms with Gasteiger partial charge in [0.15, 0.2) is 0 Å². The van der Waals surface area contributed by atoms with Gasteiger partial charge in [0.25, 0.3) is 0 Å². The Morgan fingerprint density at radius 2 is 2.21 bits per heavy atom. The number of anilines is 1. The standard InChI is InChI=1S/C15H21ClN2O/c1-2-12-7-5-6-10-18(12)11-15(19)17-14-9-4-3-8-13(14)16/h3-4,8-9,12H,2,5-7,10-11H2,1H3,(H,17,19). The lowest BCUT2D eigenvalue weighted by atomic mass is 10.00. The molecule has 1 saturated heterocycles. The number of benzene rings is 1. The van der Waals surface area contributed by atoms with Crippen molar-refractivity contribution in [2.24, 2.45) is 0 Å². The van der Waals surface area contributed by atoms with Gasteiger partial charge < -0.3 is 5.32 Å². The average molecular weight is 281 g/mol. The molecule has 0 aromatic heterocycles. The van der Waals surface area contributed by atoms with Gasteiger partial charge in [-0.3, -0.25) is 9.69 Å². The SMILES string of the molecule is CCC1CCCCN1CC(=O)Nc1ccccc1Cl. The summed E-state index contributed by atoms with van der Waals surface area (Å²) in [4.78, 5) is 14.4. The highest BCUT2D eigenvalue weighted by Gasteiger charge is 2.22. The Kier molecular flexibility index (Phi) is 5.23. The van der Waals surface area contributed by atoms with Crippen LogP contribution in [0.1, 0.15) is 32.6 Å². The zero-order chi connectivity index (χ0) is 13.7. The first-order valence-corrected chi connectivity index (χ1v) is 7.37. The molecule has 104 valence electrons. The molecule has 1 aromatic carbocycles. The number of piperidine rings is 1. The van der Waals surface area contributed by atoms with Crippen molar-refractivity contribution in [3.8, 4) is 0 Å². The zero-order valence-corrected chi connectivity index (χ0v) is 12.1. The number of likely N-dealkylation sites (tertiary alicyclic amines) is 1. The van der Waals surface area contributed by atoms with Crippen LogP contribution in [0.15, 0.2) is 24.3 Å². The number of hydrogen-bond donors (Lipinski definition) is 1. The molecule has 1 heterocycles. The number of carbonyl (C=O) groups excluding carboxylic acids is 1. The number of nitrogens with zero attached hydrogens (tertiary/aromatic N) is 1. The van der Waals surface area contributed by atoms with Crippen LogP contribution >= 0.6 is 11.6 Å². The van der Waals surface area contributed by atoms with Crippen molar-refractivity contribution < 1.29 is 4.79 Å². The van der Waals surface area contributed by atoms with Crippen LogP contribution in [-0.2, 0) is 4.79 Å². The Morgan fingerprint density at radius 1 is 1.42 bits per heavy atom. The Hall–Kier alpha value is -1.06. The van der Waals surface area contributed by atoms with E-state index in [-0.39, 0.29) is 5.91 Å². The number of halogens is 1. The molecule has 0 saturated carbocycles. The summed E-state index contributed by atoms with van der Waals surface area (Å²) in [5.41, 5.74) is 0.694. The van der Waals surface area contributed by atoms with E-state index in [0.717, 1.165) is 13.0 Å². The number of carbonyl (C=O) groups is 1. The van der Waals surface area contributed by atoms with Crippen LogP contribution in [0.4, 0.5) is 5.69 Å². The second kappa shape index (κ2) is 6.92. The summed E-state index contributed by atoms with van der Waals surface area (Å²) < 4.78 is 0. The third kappa shape index (κ3) is 3.95. The fourth-order valence-electron chi connectivity index (χ4n) is 2.67. The monoisotopic (exact) mass is 280 g/mol. The van der Waals surface area contributed by atoms with Gasteiger partial charge in [0.2, 0.25) is 5.91 Å². The summed E-state index contributed by atoms with van der Waals surface area (Å²) in [5, 5.41) is 3.47. The van der Waals surface area contributed by atoms with E-state index in [1.54, 1.807) is 6.07 Å². The van der Waals surface area contributed by atoms with Gasteiger partial charge in [-0.1, -0.05) is 37.1 Å². The van der Waals surface area contributed by atoms with Gasteiger partial charge in [0, 0.05) is 6.04 Å². The number of rotatable bonds is 4. The summed E-state index contributed by atoms with van der Waals surface area (Å²) in [6.07, 6.45) is 4.78. The van der Waals surface area contributed by atoms with Crippen LogP contribution in [0.25, 0.3) is 0 Å². The summed E-state index contributed by atoms with van der Waals surface area (Å²) >= 11 is 6.04. The van der Waals surface area contributed by atoms with Crippen molar-refractivity contribution in [1.82, 2.24) is 4.90 Å². The minimum Gasteiger partial charge on any atom is -0.324 e. The van der Waals surface area contributed by atoms with E-state index in [2.05, 4.69) is 17.1 Å². The average Bonchev–Trinajstić information content (AvgIpc) is 2.42. The van der Waals surface area contributed by atoms with Gasteiger partial charge in [0.1, 0.15) is 0 Å².